The Morgan fingerprint density at radius 3 is 2.80 bits per heavy atom. The molecule has 0 spiro atoms. The smallest absolute Gasteiger partial charge is 0.160 e. The second-order valence-electron chi connectivity index (χ2n) is 5.25. The summed E-state index contributed by atoms with van der Waals surface area (Å²) < 4.78 is 0. The summed E-state index contributed by atoms with van der Waals surface area (Å²) in [5.74, 6) is 1.44. The molecule has 1 heterocycles. The zero-order chi connectivity index (χ0) is 14.5. The molecule has 0 amide bonds. The summed E-state index contributed by atoms with van der Waals surface area (Å²) in [6, 6.07) is 1.92. The van der Waals surface area contributed by atoms with E-state index in [1.54, 1.807) is 12.3 Å². The fourth-order valence-corrected chi connectivity index (χ4v) is 2.18. The minimum atomic E-state index is 0.626. The molecule has 1 fully saturated rings. The molecule has 0 N–H and O–H groups in total. The number of aromatic nitrogens is 2. The zero-order valence-corrected chi connectivity index (χ0v) is 12.3. The Morgan fingerprint density at radius 1 is 1.50 bits per heavy atom. The summed E-state index contributed by atoms with van der Waals surface area (Å²) >= 11 is 0. The second-order valence-corrected chi connectivity index (χ2v) is 5.25. The van der Waals surface area contributed by atoms with Crippen LogP contribution >= 0.6 is 0 Å². The summed E-state index contributed by atoms with van der Waals surface area (Å²) in [7, 11) is 4.15. The highest BCUT2D eigenvalue weighted by Crippen LogP contribution is 2.37. The summed E-state index contributed by atoms with van der Waals surface area (Å²) in [5.41, 5.74) is 5.99. The Labute approximate surface area is 121 Å². The number of allylic oxidation sites excluding steroid dienone is 3. The molecular weight excluding hydrogens is 246 g/mol. The van der Waals surface area contributed by atoms with Crippen LogP contribution in [-0.2, 0) is 0 Å². The van der Waals surface area contributed by atoms with E-state index in [1.807, 2.05) is 12.1 Å². The van der Waals surface area contributed by atoms with Gasteiger partial charge in [-0.05, 0) is 31.2 Å². The van der Waals surface area contributed by atoms with E-state index in [9.17, 15) is 0 Å². The molecule has 104 valence electrons. The van der Waals surface area contributed by atoms with E-state index in [1.165, 1.54) is 18.5 Å². The Bertz CT molecular complexity index is 574. The summed E-state index contributed by atoms with van der Waals surface area (Å²) in [6.45, 7) is 7.52. The van der Waals surface area contributed by atoms with Gasteiger partial charge in [0.05, 0.1) is 5.69 Å². The first kappa shape index (κ1) is 14.3. The van der Waals surface area contributed by atoms with Gasteiger partial charge in [0, 0.05) is 37.6 Å². The van der Waals surface area contributed by atoms with Crippen LogP contribution in [0.5, 0.6) is 0 Å². The van der Waals surface area contributed by atoms with Crippen LogP contribution in [0.25, 0.3) is 11.6 Å². The molecule has 0 unspecified atom stereocenters. The van der Waals surface area contributed by atoms with Gasteiger partial charge in [-0.1, -0.05) is 19.2 Å². The predicted octanol–water partition coefficient (Wildman–Crippen LogP) is 3.53. The zero-order valence-electron chi connectivity index (χ0n) is 12.3. The highest BCUT2D eigenvalue weighted by molar-refractivity contribution is 5.74. The van der Waals surface area contributed by atoms with Crippen molar-refractivity contribution < 1.29 is 0 Å². The maximum absolute atomic E-state index is 4.54. The van der Waals surface area contributed by atoms with E-state index < -0.39 is 0 Å². The maximum atomic E-state index is 4.54. The van der Waals surface area contributed by atoms with Crippen molar-refractivity contribution in [2.45, 2.75) is 19.3 Å². The molecule has 1 saturated carbocycles. The molecule has 20 heavy (non-hydrogen) atoms. The lowest BCUT2D eigenvalue weighted by atomic mass is 10.0. The van der Waals surface area contributed by atoms with Gasteiger partial charge in [0.25, 0.3) is 0 Å². The van der Waals surface area contributed by atoms with Crippen molar-refractivity contribution in [3.05, 3.63) is 54.4 Å². The van der Waals surface area contributed by atoms with Crippen molar-refractivity contribution in [3.63, 3.8) is 0 Å². The molecule has 1 aliphatic carbocycles. The summed E-state index contributed by atoms with van der Waals surface area (Å²) in [4.78, 5) is 10.9. The largest absolute Gasteiger partial charge is 0.380 e. The van der Waals surface area contributed by atoms with Crippen molar-refractivity contribution in [2.75, 3.05) is 14.1 Å². The first-order valence-corrected chi connectivity index (χ1v) is 6.88. The van der Waals surface area contributed by atoms with Gasteiger partial charge < -0.3 is 4.90 Å². The first-order chi connectivity index (χ1) is 9.65. The third-order valence-corrected chi connectivity index (χ3v) is 3.42. The molecular formula is C17H21N3. The van der Waals surface area contributed by atoms with E-state index in [0.717, 1.165) is 23.6 Å². The second kappa shape index (κ2) is 6.36. The van der Waals surface area contributed by atoms with Crippen LogP contribution in [0.1, 0.15) is 30.8 Å². The van der Waals surface area contributed by atoms with Crippen molar-refractivity contribution >= 4 is 11.6 Å². The first-order valence-electron chi connectivity index (χ1n) is 6.88. The predicted molar refractivity (Wildman–Crippen MR) is 83.8 cm³/mol. The molecule has 1 aromatic rings. The number of hydrogen-bond donors (Lipinski definition) is 0. The minimum Gasteiger partial charge on any atom is -0.380 e. The average molecular weight is 267 g/mol. The average Bonchev–Trinajstić information content (AvgIpc) is 3.23. The minimum absolute atomic E-state index is 0.626. The van der Waals surface area contributed by atoms with Crippen LogP contribution < -0.4 is 0 Å². The normalized spacial score (nSPS) is 15.1. The fraction of sp³-hybridized carbons (Fsp3) is 0.353. The monoisotopic (exact) mass is 267 g/mol. The van der Waals surface area contributed by atoms with Crippen LogP contribution in [0, 0.1) is 5.92 Å². The topological polar surface area (TPSA) is 29.0 Å². The lowest BCUT2D eigenvalue weighted by Crippen LogP contribution is -2.14. The van der Waals surface area contributed by atoms with Crippen LogP contribution in [0.15, 0.2) is 42.9 Å². The molecule has 3 heteroatoms. The van der Waals surface area contributed by atoms with E-state index in [-0.39, 0.29) is 0 Å². The number of hydrogen-bond acceptors (Lipinski definition) is 3. The highest BCUT2D eigenvalue weighted by Gasteiger charge is 2.25. The lowest BCUT2D eigenvalue weighted by Gasteiger charge is -2.20. The van der Waals surface area contributed by atoms with Crippen LogP contribution in [0.4, 0.5) is 0 Å². The molecule has 0 aliphatic heterocycles. The lowest BCUT2D eigenvalue weighted by molar-refractivity contribution is 0.478. The van der Waals surface area contributed by atoms with Gasteiger partial charge in [-0.3, -0.25) is 0 Å². The molecule has 0 saturated heterocycles. The van der Waals surface area contributed by atoms with Crippen molar-refractivity contribution in [1.29, 1.82) is 0 Å². The maximum Gasteiger partial charge on any atom is 0.160 e. The van der Waals surface area contributed by atoms with E-state index in [2.05, 4.69) is 47.9 Å². The van der Waals surface area contributed by atoms with Gasteiger partial charge in [0.1, 0.15) is 0 Å². The Kier molecular flexibility index (Phi) is 4.54. The van der Waals surface area contributed by atoms with Crippen LogP contribution in [0.2, 0.25) is 0 Å². The summed E-state index contributed by atoms with van der Waals surface area (Å²) in [5, 5.41) is 0. The number of rotatable bonds is 6. The molecule has 2 rings (SSSR count). The standard InChI is InChI=1S/C17H21N3/c1-5-7-17-18-11-10-15(19-17)14(6-2)16(20(3)4)12-13-8-9-13/h6-7,10-11,13H,1-2,8-9,12H2,3-4H3/b16-14+. The fourth-order valence-electron chi connectivity index (χ4n) is 2.18. The van der Waals surface area contributed by atoms with E-state index >= 15 is 0 Å². The molecule has 0 aromatic carbocycles. The quantitative estimate of drug-likeness (QED) is 0.583. The van der Waals surface area contributed by atoms with Gasteiger partial charge in [-0.2, -0.15) is 0 Å². The van der Waals surface area contributed by atoms with E-state index in [4.69, 9.17) is 0 Å². The van der Waals surface area contributed by atoms with Crippen molar-refractivity contribution in [1.82, 2.24) is 14.9 Å². The van der Waals surface area contributed by atoms with Crippen LogP contribution in [0.3, 0.4) is 0 Å². The Morgan fingerprint density at radius 2 is 2.25 bits per heavy atom. The van der Waals surface area contributed by atoms with Gasteiger partial charge >= 0.3 is 0 Å². The number of nitrogens with zero attached hydrogens (tertiary/aromatic N) is 3. The summed E-state index contributed by atoms with van der Waals surface area (Å²) in [6.07, 6.45) is 9.08. The molecule has 0 atom stereocenters. The third-order valence-electron chi connectivity index (χ3n) is 3.42. The molecule has 3 nitrogen and oxygen atoms in total. The van der Waals surface area contributed by atoms with E-state index in [0.29, 0.717) is 5.82 Å². The molecule has 0 bridgehead atoms. The third kappa shape index (κ3) is 3.46. The molecule has 0 radical (unpaired) electrons. The van der Waals surface area contributed by atoms with Crippen molar-refractivity contribution in [2.24, 2.45) is 5.92 Å². The van der Waals surface area contributed by atoms with Gasteiger partial charge in [-0.15, -0.1) is 5.73 Å². The van der Waals surface area contributed by atoms with Gasteiger partial charge in [0.15, 0.2) is 5.82 Å². The molecule has 1 aromatic heterocycles. The van der Waals surface area contributed by atoms with Crippen molar-refractivity contribution in [3.8, 4) is 0 Å². The Hall–Kier alpha value is -2.12. The van der Waals surface area contributed by atoms with Crippen LogP contribution in [-0.4, -0.2) is 29.0 Å². The van der Waals surface area contributed by atoms with Gasteiger partial charge in [0.2, 0.25) is 0 Å². The SMILES string of the molecule is C=C=Cc1nccc(/C(C=C)=C(\CC2CC2)N(C)C)n1. The highest BCUT2D eigenvalue weighted by atomic mass is 15.1. The van der Waals surface area contributed by atoms with Gasteiger partial charge in [-0.25, -0.2) is 9.97 Å². The Balaban J connectivity index is 2.44. The molecule has 1 aliphatic rings.